The molecule has 0 aliphatic rings. The molecule has 1 N–H and O–H groups in total. The highest BCUT2D eigenvalue weighted by atomic mass is 32.1. The lowest BCUT2D eigenvalue weighted by Crippen LogP contribution is -2.29. The third kappa shape index (κ3) is 5.28. The highest BCUT2D eigenvalue weighted by Crippen LogP contribution is 2.10. The highest BCUT2D eigenvalue weighted by Gasteiger charge is 2.04. The van der Waals surface area contributed by atoms with Crippen molar-refractivity contribution in [1.82, 2.24) is 5.32 Å². The maximum absolute atomic E-state index is 10.9. The Morgan fingerprint density at radius 2 is 2.44 bits per heavy atom. The third-order valence-corrected chi connectivity index (χ3v) is 3.26. The van der Waals surface area contributed by atoms with Crippen LogP contribution < -0.4 is 5.32 Å². The SMILES string of the molecule is COC(=O)CCCNC(C)Cc1cccs1. The normalized spacial score (nSPS) is 12.4. The molecule has 0 aliphatic carbocycles. The average Bonchev–Trinajstić information content (AvgIpc) is 2.76. The van der Waals surface area contributed by atoms with Gasteiger partial charge in [-0.05, 0) is 37.8 Å². The molecule has 0 saturated carbocycles. The molecule has 0 fully saturated rings. The van der Waals surface area contributed by atoms with Crippen molar-refractivity contribution in [2.24, 2.45) is 0 Å². The molecule has 1 unspecified atom stereocenters. The van der Waals surface area contributed by atoms with E-state index in [1.54, 1.807) is 11.3 Å². The predicted molar refractivity (Wildman–Crippen MR) is 66.7 cm³/mol. The van der Waals surface area contributed by atoms with E-state index in [0.29, 0.717) is 12.5 Å². The summed E-state index contributed by atoms with van der Waals surface area (Å²) < 4.78 is 4.58. The summed E-state index contributed by atoms with van der Waals surface area (Å²) in [7, 11) is 1.43. The number of carbonyl (C=O) groups is 1. The van der Waals surface area contributed by atoms with Gasteiger partial charge in [-0.25, -0.2) is 0 Å². The van der Waals surface area contributed by atoms with Gasteiger partial charge in [0.2, 0.25) is 0 Å². The maximum Gasteiger partial charge on any atom is 0.305 e. The van der Waals surface area contributed by atoms with Gasteiger partial charge in [0, 0.05) is 17.3 Å². The number of thiophene rings is 1. The second-order valence-corrected chi connectivity index (χ2v) is 4.85. The number of carbonyl (C=O) groups excluding carboxylic acids is 1. The fourth-order valence-corrected chi connectivity index (χ4v) is 2.32. The van der Waals surface area contributed by atoms with Crippen molar-refractivity contribution in [2.45, 2.75) is 32.2 Å². The van der Waals surface area contributed by atoms with Gasteiger partial charge in [-0.3, -0.25) is 4.79 Å². The Labute approximate surface area is 101 Å². The van der Waals surface area contributed by atoms with Crippen LogP contribution >= 0.6 is 11.3 Å². The van der Waals surface area contributed by atoms with Gasteiger partial charge in [0.15, 0.2) is 0 Å². The van der Waals surface area contributed by atoms with Crippen LogP contribution in [0.15, 0.2) is 17.5 Å². The lowest BCUT2D eigenvalue weighted by Gasteiger charge is -2.12. The molecule has 0 spiro atoms. The van der Waals surface area contributed by atoms with E-state index in [4.69, 9.17) is 0 Å². The Morgan fingerprint density at radius 1 is 1.62 bits per heavy atom. The molecule has 1 heterocycles. The number of hydrogen-bond donors (Lipinski definition) is 1. The van der Waals surface area contributed by atoms with E-state index in [0.717, 1.165) is 19.4 Å². The number of methoxy groups -OCH3 is 1. The van der Waals surface area contributed by atoms with Gasteiger partial charge in [-0.2, -0.15) is 0 Å². The molecule has 0 amide bonds. The molecule has 4 heteroatoms. The minimum atomic E-state index is -0.132. The fraction of sp³-hybridized carbons (Fsp3) is 0.583. The summed E-state index contributed by atoms with van der Waals surface area (Å²) in [6.45, 7) is 3.03. The van der Waals surface area contributed by atoms with Crippen LogP contribution in [0.2, 0.25) is 0 Å². The minimum absolute atomic E-state index is 0.132. The van der Waals surface area contributed by atoms with Gasteiger partial charge in [-0.15, -0.1) is 11.3 Å². The fourth-order valence-electron chi connectivity index (χ4n) is 1.49. The summed E-state index contributed by atoms with van der Waals surface area (Å²) in [6.07, 6.45) is 2.38. The predicted octanol–water partition coefficient (Wildman–Crippen LogP) is 2.22. The summed E-state index contributed by atoms with van der Waals surface area (Å²) in [6, 6.07) is 4.68. The van der Waals surface area contributed by atoms with Crippen molar-refractivity contribution < 1.29 is 9.53 Å². The molecular formula is C12H19NO2S. The standard InChI is InChI=1S/C12H19NO2S/c1-10(9-11-5-4-8-16-11)13-7-3-6-12(14)15-2/h4-5,8,10,13H,3,6-7,9H2,1-2H3. The molecule has 0 radical (unpaired) electrons. The van der Waals surface area contributed by atoms with Gasteiger partial charge in [0.25, 0.3) is 0 Å². The highest BCUT2D eigenvalue weighted by molar-refractivity contribution is 7.09. The molecule has 3 nitrogen and oxygen atoms in total. The summed E-state index contributed by atoms with van der Waals surface area (Å²) >= 11 is 1.78. The first kappa shape index (κ1) is 13.2. The molecule has 90 valence electrons. The van der Waals surface area contributed by atoms with Crippen molar-refractivity contribution >= 4 is 17.3 Å². The Hall–Kier alpha value is -0.870. The van der Waals surface area contributed by atoms with E-state index in [1.165, 1.54) is 12.0 Å². The minimum Gasteiger partial charge on any atom is -0.469 e. The van der Waals surface area contributed by atoms with Crippen molar-refractivity contribution in [3.63, 3.8) is 0 Å². The van der Waals surface area contributed by atoms with Gasteiger partial charge in [0.1, 0.15) is 0 Å². The van der Waals surface area contributed by atoms with E-state index in [-0.39, 0.29) is 5.97 Å². The van der Waals surface area contributed by atoms with E-state index in [9.17, 15) is 4.79 Å². The molecule has 0 aromatic carbocycles. The van der Waals surface area contributed by atoms with Crippen molar-refractivity contribution in [2.75, 3.05) is 13.7 Å². The van der Waals surface area contributed by atoms with Crippen LogP contribution in [0.3, 0.4) is 0 Å². The monoisotopic (exact) mass is 241 g/mol. The first-order chi connectivity index (χ1) is 7.72. The summed E-state index contributed by atoms with van der Waals surface area (Å²) in [4.78, 5) is 12.3. The lowest BCUT2D eigenvalue weighted by molar-refractivity contribution is -0.140. The first-order valence-corrected chi connectivity index (χ1v) is 6.43. The number of rotatable bonds is 7. The van der Waals surface area contributed by atoms with Crippen molar-refractivity contribution in [1.29, 1.82) is 0 Å². The Balaban J connectivity index is 2.06. The van der Waals surface area contributed by atoms with Gasteiger partial charge in [0.05, 0.1) is 7.11 Å². The molecule has 1 aromatic rings. The van der Waals surface area contributed by atoms with Crippen LogP contribution in [0.1, 0.15) is 24.6 Å². The second kappa shape index (κ2) is 7.41. The zero-order valence-electron chi connectivity index (χ0n) is 9.86. The van der Waals surface area contributed by atoms with Crippen LogP contribution in [-0.2, 0) is 16.0 Å². The van der Waals surface area contributed by atoms with Crippen molar-refractivity contribution in [3.8, 4) is 0 Å². The molecular weight excluding hydrogens is 222 g/mol. The molecule has 0 aliphatic heterocycles. The van der Waals surface area contributed by atoms with Crippen LogP contribution in [0.4, 0.5) is 0 Å². The zero-order valence-corrected chi connectivity index (χ0v) is 10.7. The van der Waals surface area contributed by atoms with E-state index < -0.39 is 0 Å². The number of hydrogen-bond acceptors (Lipinski definition) is 4. The molecule has 1 atom stereocenters. The first-order valence-electron chi connectivity index (χ1n) is 5.55. The quantitative estimate of drug-likeness (QED) is 0.587. The van der Waals surface area contributed by atoms with Crippen LogP contribution in [0.25, 0.3) is 0 Å². The van der Waals surface area contributed by atoms with E-state index in [2.05, 4.69) is 34.5 Å². The largest absolute Gasteiger partial charge is 0.469 e. The Morgan fingerprint density at radius 3 is 3.06 bits per heavy atom. The van der Waals surface area contributed by atoms with Gasteiger partial charge >= 0.3 is 5.97 Å². The lowest BCUT2D eigenvalue weighted by atomic mass is 10.2. The Bertz CT molecular complexity index is 298. The smallest absolute Gasteiger partial charge is 0.305 e. The molecule has 0 saturated heterocycles. The zero-order chi connectivity index (χ0) is 11.8. The Kier molecular flexibility index (Phi) is 6.11. The topological polar surface area (TPSA) is 38.3 Å². The van der Waals surface area contributed by atoms with E-state index in [1.807, 2.05) is 0 Å². The van der Waals surface area contributed by atoms with Gasteiger partial charge < -0.3 is 10.1 Å². The molecule has 0 bridgehead atoms. The summed E-state index contributed by atoms with van der Waals surface area (Å²) in [5.41, 5.74) is 0. The summed E-state index contributed by atoms with van der Waals surface area (Å²) in [5.74, 6) is -0.132. The summed E-state index contributed by atoms with van der Waals surface area (Å²) in [5, 5.41) is 5.50. The van der Waals surface area contributed by atoms with Gasteiger partial charge in [-0.1, -0.05) is 6.07 Å². The molecule has 1 rings (SSSR count). The third-order valence-electron chi connectivity index (χ3n) is 2.37. The number of nitrogens with one attached hydrogen (secondary N) is 1. The molecule has 1 aromatic heterocycles. The van der Waals surface area contributed by atoms with E-state index >= 15 is 0 Å². The average molecular weight is 241 g/mol. The number of ether oxygens (including phenoxy) is 1. The number of esters is 1. The molecule has 16 heavy (non-hydrogen) atoms. The maximum atomic E-state index is 10.9. The second-order valence-electron chi connectivity index (χ2n) is 3.82. The van der Waals surface area contributed by atoms with Crippen molar-refractivity contribution in [3.05, 3.63) is 22.4 Å². The van der Waals surface area contributed by atoms with Crippen LogP contribution in [0.5, 0.6) is 0 Å². The van der Waals surface area contributed by atoms with Crippen LogP contribution in [-0.4, -0.2) is 25.7 Å². The van der Waals surface area contributed by atoms with Crippen LogP contribution in [0, 0.1) is 0 Å².